The van der Waals surface area contributed by atoms with Crippen molar-refractivity contribution >= 4 is 22.6 Å². The molecule has 0 bridgehead atoms. The molecule has 1 amide bonds. The van der Waals surface area contributed by atoms with Gasteiger partial charge in [0.2, 0.25) is 0 Å². The number of allylic oxidation sites excluding steroid dienone is 1. The molecule has 0 aliphatic heterocycles. The number of ether oxygens (including phenoxy) is 1. The molecule has 0 saturated heterocycles. The number of benzene rings is 3. The topological polar surface area (TPSA) is 55.4 Å². The van der Waals surface area contributed by atoms with E-state index in [0.29, 0.717) is 5.56 Å². The summed E-state index contributed by atoms with van der Waals surface area (Å²) in [5.41, 5.74) is 1.88. The minimum absolute atomic E-state index is 0.158. The predicted molar refractivity (Wildman–Crippen MR) is 123 cm³/mol. The molecule has 4 rings (SSSR count). The molecule has 0 radical (unpaired) electrons. The van der Waals surface area contributed by atoms with E-state index in [0.717, 1.165) is 25.7 Å². The molecule has 1 saturated carbocycles. The van der Waals surface area contributed by atoms with Crippen LogP contribution in [0, 0.1) is 0 Å². The lowest BCUT2D eigenvalue weighted by Gasteiger charge is -2.32. The number of hydrogen-bond acceptors (Lipinski definition) is 3. The Balaban J connectivity index is 1.48. The van der Waals surface area contributed by atoms with Crippen molar-refractivity contribution in [3.05, 3.63) is 95.7 Å². The maximum absolute atomic E-state index is 12.9. The molecule has 1 fully saturated rings. The van der Waals surface area contributed by atoms with Gasteiger partial charge in [0.15, 0.2) is 0 Å². The van der Waals surface area contributed by atoms with Gasteiger partial charge in [0.05, 0.1) is 0 Å². The van der Waals surface area contributed by atoms with E-state index in [1.807, 2.05) is 18.2 Å². The van der Waals surface area contributed by atoms with Crippen LogP contribution in [0.1, 0.15) is 54.4 Å². The Morgan fingerprint density at radius 2 is 1.61 bits per heavy atom. The molecule has 158 valence electrons. The molecule has 0 heterocycles. The van der Waals surface area contributed by atoms with Gasteiger partial charge in [0, 0.05) is 11.5 Å². The van der Waals surface area contributed by atoms with Crippen LogP contribution >= 0.6 is 0 Å². The molecular weight excluding hydrogens is 386 g/mol. The van der Waals surface area contributed by atoms with Crippen LogP contribution in [0.2, 0.25) is 0 Å². The van der Waals surface area contributed by atoms with E-state index in [2.05, 4.69) is 35.6 Å². The fraction of sp³-hybridized carbons (Fsp3) is 0.259. The number of carbonyl (C=O) groups excluding carboxylic acids is 2. The summed E-state index contributed by atoms with van der Waals surface area (Å²) in [6.45, 7) is 1.73. The number of fused-ring (bicyclic) bond motifs is 1. The van der Waals surface area contributed by atoms with E-state index in [1.165, 1.54) is 16.3 Å². The van der Waals surface area contributed by atoms with Crippen molar-refractivity contribution in [3.63, 3.8) is 0 Å². The third kappa shape index (κ3) is 4.85. The van der Waals surface area contributed by atoms with Gasteiger partial charge in [-0.25, -0.2) is 4.79 Å². The zero-order valence-electron chi connectivity index (χ0n) is 17.7. The minimum Gasteiger partial charge on any atom is -0.457 e. The van der Waals surface area contributed by atoms with Crippen LogP contribution in [0.5, 0.6) is 0 Å². The molecule has 4 nitrogen and oxygen atoms in total. The third-order valence-electron chi connectivity index (χ3n) is 5.96. The van der Waals surface area contributed by atoms with Gasteiger partial charge in [-0.3, -0.25) is 4.79 Å². The maximum Gasteiger partial charge on any atom is 0.354 e. The number of rotatable bonds is 5. The van der Waals surface area contributed by atoms with Crippen molar-refractivity contribution in [2.75, 3.05) is 0 Å². The predicted octanol–water partition coefficient (Wildman–Crippen LogP) is 5.74. The standard InChI is InChI=1S/C27H27NO3/c1-2-24(28-26(29)20-11-4-3-5-12-20)27(30)31-25-15-9-8-14-23(25)22-17-16-19-10-6-7-13-21(19)18-22/h2-7,10-13,16-18,23,25H,8-9,14-15H2,1H3,(H,28,29)/b24-2-/t23-,25+/m0/s1. The molecule has 1 aliphatic carbocycles. The first-order valence-corrected chi connectivity index (χ1v) is 10.9. The van der Waals surface area contributed by atoms with Crippen molar-refractivity contribution in [1.82, 2.24) is 5.32 Å². The molecule has 0 aromatic heterocycles. The summed E-state index contributed by atoms with van der Waals surface area (Å²) in [5, 5.41) is 5.10. The first kappa shape index (κ1) is 20.9. The summed E-state index contributed by atoms with van der Waals surface area (Å²) >= 11 is 0. The molecule has 1 N–H and O–H groups in total. The highest BCUT2D eigenvalue weighted by Crippen LogP contribution is 2.36. The summed E-state index contributed by atoms with van der Waals surface area (Å²) in [5.74, 6) is -0.643. The summed E-state index contributed by atoms with van der Waals surface area (Å²) in [4.78, 5) is 25.4. The van der Waals surface area contributed by atoms with E-state index in [9.17, 15) is 9.59 Å². The van der Waals surface area contributed by atoms with Gasteiger partial charge < -0.3 is 10.1 Å². The molecule has 0 unspecified atom stereocenters. The normalized spacial score (nSPS) is 19.1. The van der Waals surface area contributed by atoms with Crippen molar-refractivity contribution < 1.29 is 14.3 Å². The van der Waals surface area contributed by atoms with Crippen LogP contribution in [0.4, 0.5) is 0 Å². The Bertz CT molecular complexity index is 1100. The van der Waals surface area contributed by atoms with E-state index >= 15 is 0 Å². The SMILES string of the molecule is C/C=C(\NC(=O)c1ccccc1)C(=O)O[C@@H]1CCCC[C@H]1c1ccc2ccccc2c1. The average molecular weight is 414 g/mol. The minimum atomic E-state index is -0.482. The molecule has 4 heteroatoms. The lowest BCUT2D eigenvalue weighted by Crippen LogP contribution is -2.34. The fourth-order valence-corrected chi connectivity index (χ4v) is 4.28. The number of nitrogens with one attached hydrogen (secondary N) is 1. The molecule has 2 atom stereocenters. The number of hydrogen-bond donors (Lipinski definition) is 1. The van der Waals surface area contributed by atoms with Gasteiger partial charge in [0.25, 0.3) is 5.91 Å². The summed E-state index contributed by atoms with van der Waals surface area (Å²) in [7, 11) is 0. The maximum atomic E-state index is 12.9. The molecular formula is C27H27NO3. The Hall–Kier alpha value is -3.40. The molecule has 31 heavy (non-hydrogen) atoms. The highest BCUT2D eigenvalue weighted by Gasteiger charge is 2.31. The van der Waals surface area contributed by atoms with Crippen molar-refractivity contribution in [2.45, 2.75) is 44.6 Å². The van der Waals surface area contributed by atoms with Crippen LogP contribution in [-0.2, 0) is 9.53 Å². The zero-order chi connectivity index (χ0) is 21.6. The van der Waals surface area contributed by atoms with E-state index < -0.39 is 5.97 Å². The second-order valence-corrected chi connectivity index (χ2v) is 7.96. The molecule has 0 spiro atoms. The first-order chi connectivity index (χ1) is 15.2. The van der Waals surface area contributed by atoms with Gasteiger partial charge in [0.1, 0.15) is 11.8 Å². The van der Waals surface area contributed by atoms with Crippen LogP contribution in [-0.4, -0.2) is 18.0 Å². The third-order valence-corrected chi connectivity index (χ3v) is 5.96. The van der Waals surface area contributed by atoms with Crippen molar-refractivity contribution in [1.29, 1.82) is 0 Å². The van der Waals surface area contributed by atoms with E-state index in [4.69, 9.17) is 4.74 Å². The highest BCUT2D eigenvalue weighted by atomic mass is 16.5. The quantitative estimate of drug-likeness (QED) is 0.428. The molecule has 3 aromatic carbocycles. The van der Waals surface area contributed by atoms with Gasteiger partial charge >= 0.3 is 5.97 Å². The molecule has 1 aliphatic rings. The summed E-state index contributed by atoms with van der Waals surface area (Å²) in [6, 6.07) is 23.6. The van der Waals surface area contributed by atoms with Crippen molar-refractivity contribution in [3.8, 4) is 0 Å². The fourth-order valence-electron chi connectivity index (χ4n) is 4.28. The van der Waals surface area contributed by atoms with Gasteiger partial charge in [-0.2, -0.15) is 0 Å². The van der Waals surface area contributed by atoms with Crippen LogP contribution in [0.3, 0.4) is 0 Å². The molecule has 3 aromatic rings. The Morgan fingerprint density at radius 3 is 2.39 bits per heavy atom. The first-order valence-electron chi connectivity index (χ1n) is 10.9. The number of esters is 1. The van der Waals surface area contributed by atoms with Crippen molar-refractivity contribution in [2.24, 2.45) is 0 Å². The second-order valence-electron chi connectivity index (χ2n) is 7.96. The van der Waals surface area contributed by atoms with E-state index in [1.54, 1.807) is 37.3 Å². The average Bonchev–Trinajstić information content (AvgIpc) is 2.83. The lowest BCUT2D eigenvalue weighted by atomic mass is 9.81. The highest BCUT2D eigenvalue weighted by molar-refractivity contribution is 6.01. The Labute approximate surface area is 182 Å². The lowest BCUT2D eigenvalue weighted by molar-refractivity contribution is -0.147. The smallest absolute Gasteiger partial charge is 0.354 e. The van der Waals surface area contributed by atoms with Crippen LogP contribution in [0.15, 0.2) is 84.6 Å². The summed E-state index contributed by atoms with van der Waals surface area (Å²) in [6.07, 6.45) is 5.35. The Kier molecular flexibility index (Phi) is 6.46. The number of amides is 1. The zero-order valence-corrected chi connectivity index (χ0v) is 17.7. The van der Waals surface area contributed by atoms with Gasteiger partial charge in [-0.1, -0.05) is 73.2 Å². The number of carbonyl (C=O) groups is 2. The van der Waals surface area contributed by atoms with Crippen LogP contribution < -0.4 is 5.32 Å². The van der Waals surface area contributed by atoms with Gasteiger partial charge in [-0.05, 0) is 54.7 Å². The second kappa shape index (κ2) is 9.61. The van der Waals surface area contributed by atoms with Crippen LogP contribution in [0.25, 0.3) is 10.8 Å². The monoisotopic (exact) mass is 413 g/mol. The summed E-state index contributed by atoms with van der Waals surface area (Å²) < 4.78 is 5.94. The van der Waals surface area contributed by atoms with Gasteiger partial charge in [-0.15, -0.1) is 0 Å². The van der Waals surface area contributed by atoms with E-state index in [-0.39, 0.29) is 23.6 Å². The largest absolute Gasteiger partial charge is 0.457 e. The Morgan fingerprint density at radius 1 is 0.903 bits per heavy atom.